The van der Waals surface area contributed by atoms with Gasteiger partial charge in [0.1, 0.15) is 0 Å². The van der Waals surface area contributed by atoms with Crippen molar-refractivity contribution in [2.75, 3.05) is 5.33 Å². The van der Waals surface area contributed by atoms with E-state index in [1.54, 1.807) is 6.20 Å². The number of aromatic nitrogens is 2. The van der Waals surface area contributed by atoms with E-state index < -0.39 is 0 Å². The Morgan fingerprint density at radius 1 is 1.50 bits per heavy atom. The number of H-pyrrole nitrogens is 1. The van der Waals surface area contributed by atoms with Crippen molar-refractivity contribution in [1.29, 1.82) is 0 Å². The van der Waals surface area contributed by atoms with Gasteiger partial charge in [-0.05, 0) is 25.3 Å². The maximum Gasteiger partial charge on any atom is 0.0490 e. The second-order valence-electron chi connectivity index (χ2n) is 2.23. The third-order valence-corrected chi connectivity index (χ3v) is 1.95. The Labute approximate surface area is 69.2 Å². The van der Waals surface area contributed by atoms with E-state index in [1.807, 2.05) is 6.07 Å². The Bertz CT molecular complexity index is 160. The minimum absolute atomic E-state index is 1.10. The van der Waals surface area contributed by atoms with Gasteiger partial charge in [0.15, 0.2) is 0 Å². The first-order chi connectivity index (χ1) is 4.93. The largest absolute Gasteiger partial charge is 0.283 e. The molecule has 0 spiro atoms. The van der Waals surface area contributed by atoms with E-state index in [0.717, 1.165) is 11.8 Å². The Balaban J connectivity index is 2.15. The third kappa shape index (κ3) is 2.52. The fourth-order valence-corrected chi connectivity index (χ4v) is 1.23. The van der Waals surface area contributed by atoms with Crippen molar-refractivity contribution < 1.29 is 0 Å². The van der Waals surface area contributed by atoms with Gasteiger partial charge >= 0.3 is 0 Å². The fraction of sp³-hybridized carbons (Fsp3) is 0.571. The lowest BCUT2D eigenvalue weighted by Crippen LogP contribution is -1.85. The highest BCUT2D eigenvalue weighted by Gasteiger charge is 1.91. The Morgan fingerprint density at radius 2 is 2.40 bits per heavy atom. The highest BCUT2D eigenvalue weighted by atomic mass is 79.9. The van der Waals surface area contributed by atoms with E-state index >= 15 is 0 Å². The highest BCUT2D eigenvalue weighted by Crippen LogP contribution is 2.01. The zero-order valence-electron chi connectivity index (χ0n) is 5.81. The van der Waals surface area contributed by atoms with Crippen LogP contribution in [-0.2, 0) is 6.42 Å². The van der Waals surface area contributed by atoms with Crippen LogP contribution >= 0.6 is 15.9 Å². The topological polar surface area (TPSA) is 28.7 Å². The first-order valence-electron chi connectivity index (χ1n) is 3.47. The van der Waals surface area contributed by atoms with Gasteiger partial charge in [-0.2, -0.15) is 5.10 Å². The summed E-state index contributed by atoms with van der Waals surface area (Å²) in [7, 11) is 0. The van der Waals surface area contributed by atoms with Gasteiger partial charge in [0.2, 0.25) is 0 Å². The maximum absolute atomic E-state index is 3.86. The van der Waals surface area contributed by atoms with Crippen LogP contribution in [0, 0.1) is 0 Å². The summed E-state index contributed by atoms with van der Waals surface area (Å²) in [6.07, 6.45) is 5.38. The van der Waals surface area contributed by atoms with Crippen molar-refractivity contribution in [3.63, 3.8) is 0 Å². The molecule has 10 heavy (non-hydrogen) atoms. The number of halogens is 1. The fourth-order valence-electron chi connectivity index (χ4n) is 0.834. The average molecular weight is 203 g/mol. The number of hydrogen-bond donors (Lipinski definition) is 1. The molecule has 1 rings (SSSR count). The average Bonchev–Trinajstić information content (AvgIpc) is 2.41. The van der Waals surface area contributed by atoms with Crippen LogP contribution in [0.4, 0.5) is 0 Å². The monoisotopic (exact) mass is 202 g/mol. The van der Waals surface area contributed by atoms with Crippen LogP contribution in [0.1, 0.15) is 18.5 Å². The van der Waals surface area contributed by atoms with Gasteiger partial charge < -0.3 is 0 Å². The van der Waals surface area contributed by atoms with Crippen LogP contribution in [0.15, 0.2) is 12.3 Å². The SMILES string of the molecule is BrCCCCc1ccn[nH]1. The predicted molar refractivity (Wildman–Crippen MR) is 45.3 cm³/mol. The summed E-state index contributed by atoms with van der Waals surface area (Å²) in [6.45, 7) is 0. The van der Waals surface area contributed by atoms with E-state index in [0.29, 0.717) is 0 Å². The van der Waals surface area contributed by atoms with Gasteiger partial charge in [-0.25, -0.2) is 0 Å². The second kappa shape index (κ2) is 4.50. The third-order valence-electron chi connectivity index (χ3n) is 1.39. The van der Waals surface area contributed by atoms with Gasteiger partial charge in [0.05, 0.1) is 0 Å². The first kappa shape index (κ1) is 7.79. The van der Waals surface area contributed by atoms with E-state index in [4.69, 9.17) is 0 Å². The van der Waals surface area contributed by atoms with Gasteiger partial charge in [0.25, 0.3) is 0 Å². The van der Waals surface area contributed by atoms with Crippen LogP contribution in [0.25, 0.3) is 0 Å². The van der Waals surface area contributed by atoms with Crippen molar-refractivity contribution >= 4 is 15.9 Å². The quantitative estimate of drug-likeness (QED) is 0.589. The molecule has 3 heteroatoms. The molecule has 0 radical (unpaired) electrons. The Hall–Kier alpha value is -0.310. The van der Waals surface area contributed by atoms with Crippen molar-refractivity contribution in [2.45, 2.75) is 19.3 Å². The number of unbranched alkanes of at least 4 members (excludes halogenated alkanes) is 1. The lowest BCUT2D eigenvalue weighted by molar-refractivity contribution is 0.781. The smallest absolute Gasteiger partial charge is 0.0490 e. The van der Waals surface area contributed by atoms with Crippen LogP contribution in [0.3, 0.4) is 0 Å². The number of hydrogen-bond acceptors (Lipinski definition) is 1. The summed E-state index contributed by atoms with van der Waals surface area (Å²) in [5.74, 6) is 0. The summed E-state index contributed by atoms with van der Waals surface area (Å²) in [5, 5.41) is 7.89. The standard InChI is InChI=1S/C7H11BrN2/c8-5-2-1-3-7-4-6-9-10-7/h4,6H,1-3,5H2,(H,9,10). The molecule has 0 bridgehead atoms. The number of rotatable bonds is 4. The molecular formula is C7H11BrN2. The lowest BCUT2D eigenvalue weighted by Gasteiger charge is -1.93. The Kier molecular flexibility index (Phi) is 3.50. The molecule has 0 saturated carbocycles. The number of nitrogens with one attached hydrogen (secondary N) is 1. The molecule has 1 N–H and O–H groups in total. The minimum atomic E-state index is 1.10. The second-order valence-corrected chi connectivity index (χ2v) is 3.02. The normalized spacial score (nSPS) is 10.1. The first-order valence-corrected chi connectivity index (χ1v) is 4.60. The molecule has 0 saturated heterocycles. The molecule has 1 heterocycles. The van der Waals surface area contributed by atoms with Crippen LogP contribution in [-0.4, -0.2) is 15.5 Å². The highest BCUT2D eigenvalue weighted by molar-refractivity contribution is 9.09. The molecule has 0 atom stereocenters. The molecule has 0 unspecified atom stereocenters. The summed E-state index contributed by atoms with van der Waals surface area (Å²) >= 11 is 3.39. The molecule has 0 aliphatic rings. The van der Waals surface area contributed by atoms with E-state index in [9.17, 15) is 0 Å². The zero-order valence-corrected chi connectivity index (χ0v) is 7.39. The molecule has 2 nitrogen and oxygen atoms in total. The summed E-state index contributed by atoms with van der Waals surface area (Å²) in [4.78, 5) is 0. The van der Waals surface area contributed by atoms with Crippen molar-refractivity contribution in [1.82, 2.24) is 10.2 Å². The zero-order chi connectivity index (χ0) is 7.23. The van der Waals surface area contributed by atoms with Crippen LogP contribution in [0.2, 0.25) is 0 Å². The summed E-state index contributed by atoms with van der Waals surface area (Å²) in [5.41, 5.74) is 1.24. The molecule has 56 valence electrons. The Morgan fingerprint density at radius 3 is 3.00 bits per heavy atom. The van der Waals surface area contributed by atoms with Gasteiger partial charge in [-0.1, -0.05) is 15.9 Å². The summed E-state index contributed by atoms with van der Waals surface area (Å²) in [6, 6.07) is 2.02. The molecule has 1 aromatic rings. The molecule has 0 aliphatic heterocycles. The molecule has 1 aromatic heterocycles. The van der Waals surface area contributed by atoms with Gasteiger partial charge in [0, 0.05) is 17.2 Å². The number of aryl methyl sites for hydroxylation is 1. The van der Waals surface area contributed by atoms with Crippen LogP contribution < -0.4 is 0 Å². The van der Waals surface area contributed by atoms with E-state index in [1.165, 1.54) is 18.5 Å². The van der Waals surface area contributed by atoms with Crippen molar-refractivity contribution in [2.24, 2.45) is 0 Å². The molecule has 0 aliphatic carbocycles. The van der Waals surface area contributed by atoms with Crippen LogP contribution in [0.5, 0.6) is 0 Å². The van der Waals surface area contributed by atoms with E-state index in [2.05, 4.69) is 26.1 Å². The summed E-state index contributed by atoms with van der Waals surface area (Å²) < 4.78 is 0. The van der Waals surface area contributed by atoms with Crippen molar-refractivity contribution in [3.05, 3.63) is 18.0 Å². The van der Waals surface area contributed by atoms with E-state index in [-0.39, 0.29) is 0 Å². The molecule has 0 fully saturated rings. The van der Waals surface area contributed by atoms with Gasteiger partial charge in [-0.15, -0.1) is 0 Å². The molecule has 0 aromatic carbocycles. The minimum Gasteiger partial charge on any atom is -0.283 e. The van der Waals surface area contributed by atoms with Crippen molar-refractivity contribution in [3.8, 4) is 0 Å². The number of aromatic amines is 1. The molecule has 0 amide bonds. The number of nitrogens with zero attached hydrogens (tertiary/aromatic N) is 1. The number of alkyl halides is 1. The molecular weight excluding hydrogens is 192 g/mol. The van der Waals surface area contributed by atoms with Gasteiger partial charge in [-0.3, -0.25) is 5.10 Å². The predicted octanol–water partition coefficient (Wildman–Crippen LogP) is 2.13. The maximum atomic E-state index is 3.86. The lowest BCUT2D eigenvalue weighted by atomic mass is 10.2.